The Morgan fingerprint density at radius 3 is 2.89 bits per heavy atom. The van der Waals surface area contributed by atoms with Crippen molar-refractivity contribution in [2.24, 2.45) is 0 Å². The normalized spacial score (nSPS) is 12.8. The highest BCUT2D eigenvalue weighted by Gasteiger charge is 2.19. The zero-order valence-electron chi connectivity index (χ0n) is 9.77. The molecule has 0 aliphatic heterocycles. The number of hydrogen-bond donors (Lipinski definition) is 3. The second-order valence-electron chi connectivity index (χ2n) is 3.96. The minimum atomic E-state index is -1.25. The van der Waals surface area contributed by atoms with E-state index in [-0.39, 0.29) is 17.6 Å². The summed E-state index contributed by atoms with van der Waals surface area (Å²) in [7, 11) is 0. The fraction of sp³-hybridized carbons (Fsp3) is 0.364. The molecule has 1 unspecified atom stereocenters. The van der Waals surface area contributed by atoms with Crippen molar-refractivity contribution < 1.29 is 14.3 Å². The van der Waals surface area contributed by atoms with Crippen LogP contribution in [0, 0.1) is 0 Å². The Balaban J connectivity index is 2.63. The molecule has 0 saturated heterocycles. The van der Waals surface area contributed by atoms with Gasteiger partial charge in [-0.15, -0.1) is 0 Å². The number of alkyl halides is 1. The van der Waals surface area contributed by atoms with Gasteiger partial charge in [0.25, 0.3) is 0 Å². The molecule has 0 fully saturated rings. The van der Waals surface area contributed by atoms with Gasteiger partial charge in [0.05, 0.1) is 12.1 Å². The maximum Gasteiger partial charge on any atom is 0.374 e. The second kappa shape index (κ2) is 4.59. The Bertz CT molecular complexity index is 592. The lowest BCUT2D eigenvalue weighted by molar-refractivity contribution is 0.0684. The van der Waals surface area contributed by atoms with E-state index in [0.717, 1.165) is 0 Å². The van der Waals surface area contributed by atoms with Crippen LogP contribution in [0.25, 0.3) is 11.0 Å². The number of aromatic carboxylic acids is 1. The number of halogens is 1. The molecule has 0 aliphatic rings. The SMILES string of the molecule is CCC(CF)c1c[nH]c2nc(C(=O)O)nc(N)c12. The van der Waals surface area contributed by atoms with E-state index in [9.17, 15) is 9.18 Å². The molecule has 6 nitrogen and oxygen atoms in total. The van der Waals surface area contributed by atoms with E-state index in [2.05, 4.69) is 15.0 Å². The molecule has 2 heterocycles. The Kier molecular flexibility index (Phi) is 3.14. The summed E-state index contributed by atoms with van der Waals surface area (Å²) in [6.45, 7) is 1.36. The van der Waals surface area contributed by atoms with Crippen molar-refractivity contribution in [2.75, 3.05) is 12.4 Å². The number of carboxylic acid groups (broad SMARTS) is 1. The minimum Gasteiger partial charge on any atom is -0.475 e. The lowest BCUT2D eigenvalue weighted by atomic mass is 9.98. The van der Waals surface area contributed by atoms with E-state index in [1.807, 2.05) is 6.92 Å². The van der Waals surface area contributed by atoms with Crippen LogP contribution in [0.5, 0.6) is 0 Å². The van der Waals surface area contributed by atoms with Crippen LogP contribution in [0.1, 0.15) is 35.4 Å². The zero-order valence-corrected chi connectivity index (χ0v) is 9.77. The first-order chi connectivity index (χ1) is 8.58. The third kappa shape index (κ3) is 1.87. The molecule has 0 spiro atoms. The van der Waals surface area contributed by atoms with E-state index in [0.29, 0.717) is 23.0 Å². The van der Waals surface area contributed by atoms with Crippen molar-refractivity contribution in [3.8, 4) is 0 Å². The van der Waals surface area contributed by atoms with Gasteiger partial charge in [0.1, 0.15) is 11.5 Å². The molecule has 0 aromatic carbocycles. The molecule has 1 atom stereocenters. The number of anilines is 1. The number of nitrogens with two attached hydrogens (primary N) is 1. The Morgan fingerprint density at radius 2 is 2.33 bits per heavy atom. The number of hydrogen-bond acceptors (Lipinski definition) is 4. The predicted molar refractivity (Wildman–Crippen MR) is 64.3 cm³/mol. The van der Waals surface area contributed by atoms with Crippen molar-refractivity contribution in [1.82, 2.24) is 15.0 Å². The van der Waals surface area contributed by atoms with Gasteiger partial charge in [-0.25, -0.2) is 14.8 Å². The third-order valence-electron chi connectivity index (χ3n) is 2.90. The summed E-state index contributed by atoms with van der Waals surface area (Å²) in [6.07, 6.45) is 2.22. The molecular formula is C11H13FN4O2. The van der Waals surface area contributed by atoms with Gasteiger partial charge in [-0.3, -0.25) is 4.39 Å². The predicted octanol–water partition coefficient (Wildman–Crippen LogP) is 1.70. The Hall–Kier alpha value is -2.18. The molecule has 0 bridgehead atoms. The number of H-pyrrole nitrogens is 1. The molecule has 7 heteroatoms. The van der Waals surface area contributed by atoms with Crippen LogP contribution in [0.15, 0.2) is 6.20 Å². The highest BCUT2D eigenvalue weighted by atomic mass is 19.1. The largest absolute Gasteiger partial charge is 0.475 e. The van der Waals surface area contributed by atoms with Crippen LogP contribution >= 0.6 is 0 Å². The van der Waals surface area contributed by atoms with Crippen molar-refractivity contribution in [1.29, 1.82) is 0 Å². The van der Waals surface area contributed by atoms with Crippen LogP contribution in [-0.2, 0) is 0 Å². The van der Waals surface area contributed by atoms with Crippen molar-refractivity contribution >= 4 is 22.8 Å². The van der Waals surface area contributed by atoms with Gasteiger partial charge < -0.3 is 15.8 Å². The average Bonchev–Trinajstić information content (AvgIpc) is 2.75. The maximum atomic E-state index is 12.9. The van der Waals surface area contributed by atoms with Gasteiger partial charge in [0.15, 0.2) is 0 Å². The van der Waals surface area contributed by atoms with Crippen LogP contribution in [-0.4, -0.2) is 32.7 Å². The number of rotatable bonds is 4. The molecule has 2 aromatic heterocycles. The summed E-state index contributed by atoms with van der Waals surface area (Å²) in [5.74, 6) is -1.86. The standard InChI is InChI=1S/C11H13FN4O2/c1-2-5(3-12)6-4-14-9-7(6)8(13)15-10(16-9)11(17)18/h4-5H,2-3H2,1H3,(H,17,18)(H3,13,14,15,16). The molecule has 96 valence electrons. The Morgan fingerprint density at radius 1 is 1.61 bits per heavy atom. The third-order valence-corrected chi connectivity index (χ3v) is 2.90. The van der Waals surface area contributed by atoms with Crippen molar-refractivity contribution in [2.45, 2.75) is 19.3 Å². The number of nitrogen functional groups attached to an aromatic ring is 1. The first-order valence-electron chi connectivity index (χ1n) is 5.52. The van der Waals surface area contributed by atoms with Crippen LogP contribution < -0.4 is 5.73 Å². The summed E-state index contributed by atoms with van der Waals surface area (Å²) in [4.78, 5) is 21.2. The summed E-state index contributed by atoms with van der Waals surface area (Å²) in [5, 5.41) is 9.33. The molecule has 0 saturated carbocycles. The molecule has 0 aliphatic carbocycles. The lowest BCUT2D eigenvalue weighted by Crippen LogP contribution is -2.08. The van der Waals surface area contributed by atoms with Crippen LogP contribution in [0.3, 0.4) is 0 Å². The van der Waals surface area contributed by atoms with Crippen LogP contribution in [0.2, 0.25) is 0 Å². The molecule has 2 rings (SSSR count). The smallest absolute Gasteiger partial charge is 0.374 e. The summed E-state index contributed by atoms with van der Waals surface area (Å²) >= 11 is 0. The number of aromatic nitrogens is 3. The topological polar surface area (TPSA) is 105 Å². The monoisotopic (exact) mass is 252 g/mol. The summed E-state index contributed by atoms with van der Waals surface area (Å²) < 4.78 is 12.9. The maximum absolute atomic E-state index is 12.9. The number of fused-ring (bicyclic) bond motifs is 1. The van der Waals surface area contributed by atoms with Gasteiger partial charge in [0, 0.05) is 12.1 Å². The molecule has 4 N–H and O–H groups in total. The summed E-state index contributed by atoms with van der Waals surface area (Å²) in [5.41, 5.74) is 6.74. The number of aromatic amines is 1. The molecule has 0 radical (unpaired) electrons. The molecule has 18 heavy (non-hydrogen) atoms. The molecule has 0 amide bonds. The molecule has 2 aromatic rings. The van der Waals surface area contributed by atoms with Gasteiger partial charge in [-0.05, 0) is 12.0 Å². The lowest BCUT2D eigenvalue weighted by Gasteiger charge is -2.09. The fourth-order valence-electron chi connectivity index (χ4n) is 1.92. The zero-order chi connectivity index (χ0) is 13.3. The number of carboxylic acids is 1. The first-order valence-corrected chi connectivity index (χ1v) is 5.52. The Labute approximate surface area is 102 Å². The van der Waals surface area contributed by atoms with E-state index in [1.165, 1.54) is 0 Å². The van der Waals surface area contributed by atoms with E-state index >= 15 is 0 Å². The van der Waals surface area contributed by atoms with E-state index < -0.39 is 12.6 Å². The average molecular weight is 252 g/mol. The van der Waals surface area contributed by atoms with Crippen molar-refractivity contribution in [3.05, 3.63) is 17.6 Å². The van der Waals surface area contributed by atoms with E-state index in [4.69, 9.17) is 10.8 Å². The van der Waals surface area contributed by atoms with Gasteiger partial charge in [-0.1, -0.05) is 6.92 Å². The van der Waals surface area contributed by atoms with E-state index in [1.54, 1.807) is 6.20 Å². The second-order valence-corrected chi connectivity index (χ2v) is 3.96. The molecular weight excluding hydrogens is 239 g/mol. The summed E-state index contributed by atoms with van der Waals surface area (Å²) in [6, 6.07) is 0. The van der Waals surface area contributed by atoms with Crippen molar-refractivity contribution in [3.63, 3.8) is 0 Å². The van der Waals surface area contributed by atoms with Gasteiger partial charge >= 0.3 is 5.97 Å². The first kappa shape index (κ1) is 12.3. The fourth-order valence-corrected chi connectivity index (χ4v) is 1.92. The van der Waals surface area contributed by atoms with Crippen LogP contribution in [0.4, 0.5) is 10.2 Å². The number of nitrogens with zero attached hydrogens (tertiary/aromatic N) is 2. The number of carbonyl (C=O) groups is 1. The quantitative estimate of drug-likeness (QED) is 0.768. The highest BCUT2D eigenvalue weighted by molar-refractivity contribution is 5.93. The van der Waals surface area contributed by atoms with Gasteiger partial charge in [-0.2, -0.15) is 0 Å². The highest BCUT2D eigenvalue weighted by Crippen LogP contribution is 2.30. The number of nitrogens with one attached hydrogen (secondary N) is 1. The minimum absolute atomic E-state index is 0.0561. The van der Waals surface area contributed by atoms with Gasteiger partial charge in [0.2, 0.25) is 5.82 Å².